The molecule has 27 heavy (non-hydrogen) atoms. The first kappa shape index (κ1) is 18.2. The molecule has 0 amide bonds. The second kappa shape index (κ2) is 7.07. The van der Waals surface area contributed by atoms with E-state index in [2.05, 4.69) is 10.1 Å². The molecule has 1 aliphatic rings. The van der Waals surface area contributed by atoms with Gasteiger partial charge >= 0.3 is 0 Å². The summed E-state index contributed by atoms with van der Waals surface area (Å²) in [6.45, 7) is 6.81. The Balaban J connectivity index is 1.45. The lowest BCUT2D eigenvalue weighted by Crippen LogP contribution is -2.48. The summed E-state index contributed by atoms with van der Waals surface area (Å²) in [7, 11) is -3.45. The molecule has 0 N–H and O–H groups in total. The van der Waals surface area contributed by atoms with Crippen LogP contribution < -0.4 is 0 Å². The molecule has 7 heteroatoms. The maximum absolute atomic E-state index is 13.0. The number of hydrogen-bond acceptors (Lipinski definition) is 5. The number of para-hydroxylation sites is 1. The molecule has 4 rings (SSSR count). The highest BCUT2D eigenvalue weighted by Gasteiger charge is 2.29. The van der Waals surface area contributed by atoms with Crippen LogP contribution in [-0.2, 0) is 16.6 Å². The largest absolute Gasteiger partial charge is 0.356 e. The maximum Gasteiger partial charge on any atom is 0.243 e. The standard InChI is InChI=1S/C20H23N3O3S/c1-15-11-16(2)13-17(12-15)27(24,25)23-9-7-22(8-10-23)14-19-18-5-3-4-6-20(18)26-21-19/h3-6,11-13H,7-10,14H2,1-2H3. The van der Waals surface area contributed by atoms with Crippen LogP contribution in [0.4, 0.5) is 0 Å². The van der Waals surface area contributed by atoms with E-state index in [0.717, 1.165) is 27.8 Å². The van der Waals surface area contributed by atoms with Crippen LogP contribution in [0.5, 0.6) is 0 Å². The zero-order valence-electron chi connectivity index (χ0n) is 15.6. The van der Waals surface area contributed by atoms with Gasteiger partial charge in [-0.15, -0.1) is 0 Å². The number of aromatic nitrogens is 1. The topological polar surface area (TPSA) is 66.7 Å². The van der Waals surface area contributed by atoms with Gasteiger partial charge in [0.1, 0.15) is 5.69 Å². The SMILES string of the molecule is Cc1cc(C)cc(S(=O)(=O)N2CCN(Cc3noc4ccccc34)CC2)c1. The van der Waals surface area contributed by atoms with E-state index >= 15 is 0 Å². The Morgan fingerprint density at radius 2 is 1.67 bits per heavy atom. The Hall–Kier alpha value is -2.22. The van der Waals surface area contributed by atoms with Crippen LogP contribution in [0.25, 0.3) is 11.0 Å². The lowest BCUT2D eigenvalue weighted by Gasteiger charge is -2.33. The molecular formula is C20H23N3O3S. The summed E-state index contributed by atoms with van der Waals surface area (Å²) in [5.41, 5.74) is 3.61. The summed E-state index contributed by atoms with van der Waals surface area (Å²) in [6, 6.07) is 13.3. The highest BCUT2D eigenvalue weighted by atomic mass is 32.2. The number of fused-ring (bicyclic) bond motifs is 1. The van der Waals surface area contributed by atoms with Crippen molar-refractivity contribution < 1.29 is 12.9 Å². The van der Waals surface area contributed by atoms with E-state index in [1.807, 2.05) is 44.2 Å². The van der Waals surface area contributed by atoms with Crippen molar-refractivity contribution in [3.8, 4) is 0 Å². The normalized spacial score (nSPS) is 16.8. The van der Waals surface area contributed by atoms with Crippen molar-refractivity contribution in [3.05, 3.63) is 59.3 Å². The minimum Gasteiger partial charge on any atom is -0.356 e. The molecule has 1 saturated heterocycles. The maximum atomic E-state index is 13.0. The average Bonchev–Trinajstić information content (AvgIpc) is 3.04. The van der Waals surface area contributed by atoms with E-state index in [9.17, 15) is 8.42 Å². The first-order valence-electron chi connectivity index (χ1n) is 9.07. The zero-order chi connectivity index (χ0) is 19.0. The van der Waals surface area contributed by atoms with Crippen molar-refractivity contribution >= 4 is 21.0 Å². The molecule has 2 heterocycles. The molecule has 2 aromatic carbocycles. The Labute approximate surface area is 159 Å². The second-order valence-corrected chi connectivity index (χ2v) is 9.07. The summed E-state index contributed by atoms with van der Waals surface area (Å²) in [5.74, 6) is 0. The number of aryl methyl sites for hydroxylation is 2. The quantitative estimate of drug-likeness (QED) is 0.691. The van der Waals surface area contributed by atoms with Crippen molar-refractivity contribution in [1.29, 1.82) is 0 Å². The van der Waals surface area contributed by atoms with E-state index in [4.69, 9.17) is 4.52 Å². The Morgan fingerprint density at radius 3 is 2.37 bits per heavy atom. The van der Waals surface area contributed by atoms with Crippen LogP contribution in [0, 0.1) is 13.8 Å². The molecule has 142 valence electrons. The number of rotatable bonds is 4. The predicted molar refractivity (Wildman–Crippen MR) is 104 cm³/mol. The smallest absolute Gasteiger partial charge is 0.243 e. The Morgan fingerprint density at radius 1 is 1.00 bits per heavy atom. The van der Waals surface area contributed by atoms with Gasteiger partial charge in [-0.2, -0.15) is 4.31 Å². The fraction of sp³-hybridized carbons (Fsp3) is 0.350. The molecule has 0 bridgehead atoms. The molecule has 1 fully saturated rings. The van der Waals surface area contributed by atoms with E-state index in [-0.39, 0.29) is 0 Å². The van der Waals surface area contributed by atoms with Crippen LogP contribution in [0.15, 0.2) is 51.9 Å². The first-order chi connectivity index (χ1) is 12.9. The summed E-state index contributed by atoms with van der Waals surface area (Å²) in [6.07, 6.45) is 0. The van der Waals surface area contributed by atoms with E-state index in [1.165, 1.54) is 0 Å². The predicted octanol–water partition coefficient (Wildman–Crippen LogP) is 2.95. The van der Waals surface area contributed by atoms with Crippen molar-refractivity contribution in [2.24, 2.45) is 0 Å². The second-order valence-electron chi connectivity index (χ2n) is 7.13. The molecule has 1 aromatic heterocycles. The summed E-state index contributed by atoms with van der Waals surface area (Å²) in [5, 5.41) is 5.19. The minimum absolute atomic E-state index is 0.385. The third-order valence-corrected chi connectivity index (χ3v) is 6.87. The highest BCUT2D eigenvalue weighted by Crippen LogP contribution is 2.23. The van der Waals surface area contributed by atoms with Crippen LogP contribution in [0.1, 0.15) is 16.8 Å². The van der Waals surface area contributed by atoms with Crippen LogP contribution in [-0.4, -0.2) is 49.0 Å². The molecule has 6 nitrogen and oxygen atoms in total. The number of benzene rings is 2. The number of nitrogens with zero attached hydrogens (tertiary/aromatic N) is 3. The van der Waals surface area contributed by atoms with E-state index in [0.29, 0.717) is 37.6 Å². The third kappa shape index (κ3) is 3.63. The van der Waals surface area contributed by atoms with Gasteiger partial charge in [-0.3, -0.25) is 4.90 Å². The van der Waals surface area contributed by atoms with Gasteiger partial charge in [0.05, 0.1) is 4.90 Å². The Kier molecular flexibility index (Phi) is 4.75. The van der Waals surface area contributed by atoms with Gasteiger partial charge in [-0.1, -0.05) is 23.4 Å². The molecule has 0 radical (unpaired) electrons. The number of piperazine rings is 1. The van der Waals surface area contributed by atoms with Gasteiger partial charge in [-0.05, 0) is 49.2 Å². The number of hydrogen-bond donors (Lipinski definition) is 0. The average molecular weight is 385 g/mol. The minimum atomic E-state index is -3.45. The van der Waals surface area contributed by atoms with Crippen LogP contribution in [0.2, 0.25) is 0 Å². The molecule has 0 atom stereocenters. The fourth-order valence-corrected chi connectivity index (χ4v) is 5.23. The highest BCUT2D eigenvalue weighted by molar-refractivity contribution is 7.89. The van der Waals surface area contributed by atoms with Crippen molar-refractivity contribution in [2.75, 3.05) is 26.2 Å². The molecule has 1 aliphatic heterocycles. The molecular weight excluding hydrogens is 362 g/mol. The van der Waals surface area contributed by atoms with Gasteiger partial charge in [0, 0.05) is 38.1 Å². The van der Waals surface area contributed by atoms with Crippen molar-refractivity contribution in [3.63, 3.8) is 0 Å². The summed E-state index contributed by atoms with van der Waals surface area (Å²) < 4.78 is 32.9. The molecule has 3 aromatic rings. The Bertz CT molecular complexity index is 1050. The van der Waals surface area contributed by atoms with Gasteiger partial charge < -0.3 is 4.52 Å². The summed E-state index contributed by atoms with van der Waals surface area (Å²) in [4.78, 5) is 2.61. The molecule has 0 saturated carbocycles. The van der Waals surface area contributed by atoms with Crippen LogP contribution >= 0.6 is 0 Å². The van der Waals surface area contributed by atoms with E-state index in [1.54, 1.807) is 16.4 Å². The zero-order valence-corrected chi connectivity index (χ0v) is 16.4. The lowest BCUT2D eigenvalue weighted by molar-refractivity contribution is 0.178. The number of sulfonamides is 1. The van der Waals surface area contributed by atoms with Gasteiger partial charge in [0.2, 0.25) is 10.0 Å². The first-order valence-corrected chi connectivity index (χ1v) is 10.5. The molecule has 0 aliphatic carbocycles. The van der Waals surface area contributed by atoms with Gasteiger partial charge in [0.25, 0.3) is 0 Å². The molecule has 0 spiro atoms. The van der Waals surface area contributed by atoms with E-state index < -0.39 is 10.0 Å². The lowest BCUT2D eigenvalue weighted by atomic mass is 10.2. The monoisotopic (exact) mass is 385 g/mol. The van der Waals surface area contributed by atoms with Crippen molar-refractivity contribution in [1.82, 2.24) is 14.4 Å². The summed E-state index contributed by atoms with van der Waals surface area (Å²) >= 11 is 0. The van der Waals surface area contributed by atoms with Gasteiger partial charge in [-0.25, -0.2) is 8.42 Å². The molecule has 0 unspecified atom stereocenters. The fourth-order valence-electron chi connectivity index (χ4n) is 3.62. The van der Waals surface area contributed by atoms with Crippen molar-refractivity contribution in [2.45, 2.75) is 25.3 Å². The van der Waals surface area contributed by atoms with Crippen LogP contribution in [0.3, 0.4) is 0 Å². The third-order valence-electron chi connectivity index (χ3n) is 4.99. The van der Waals surface area contributed by atoms with Gasteiger partial charge in [0.15, 0.2) is 5.58 Å².